The lowest BCUT2D eigenvalue weighted by Gasteiger charge is -2.22. The Morgan fingerprint density at radius 3 is 2.65 bits per heavy atom. The largest absolute Gasteiger partial charge is 0.343 e. The fourth-order valence-electron chi connectivity index (χ4n) is 2.63. The van der Waals surface area contributed by atoms with Crippen molar-refractivity contribution in [2.24, 2.45) is 5.92 Å². The number of hydrogen-bond donors (Lipinski definition) is 0. The molecule has 2 rings (SSSR count). The molecule has 1 saturated heterocycles. The van der Waals surface area contributed by atoms with Gasteiger partial charge in [0.25, 0.3) is 0 Å². The average molecular weight is 405 g/mol. The number of nitrogens with zero attached hydrogens (tertiary/aromatic N) is 3. The zero-order valence-electron chi connectivity index (χ0n) is 11.8. The average Bonchev–Trinajstić information content (AvgIpc) is 2.82. The lowest BCUT2D eigenvalue weighted by atomic mass is 10.1. The van der Waals surface area contributed by atoms with Gasteiger partial charge in [-0.15, -0.1) is 0 Å². The van der Waals surface area contributed by atoms with Gasteiger partial charge in [0.2, 0.25) is 5.91 Å². The van der Waals surface area contributed by atoms with Crippen molar-refractivity contribution >= 4 is 37.8 Å². The number of halogens is 2. The summed E-state index contributed by atoms with van der Waals surface area (Å²) < 4.78 is 2.05. The van der Waals surface area contributed by atoms with E-state index in [1.165, 1.54) is 5.56 Å². The monoisotopic (exact) mass is 403 g/mol. The Bertz CT molecular complexity index is 475. The van der Waals surface area contributed by atoms with E-state index < -0.39 is 0 Å². The van der Waals surface area contributed by atoms with Gasteiger partial charge in [-0.3, -0.25) is 9.78 Å². The van der Waals surface area contributed by atoms with E-state index in [9.17, 15) is 4.79 Å². The Morgan fingerprint density at radius 1 is 1.45 bits per heavy atom. The Labute approximate surface area is 136 Å². The van der Waals surface area contributed by atoms with Gasteiger partial charge in [-0.05, 0) is 56.8 Å². The Morgan fingerprint density at radius 2 is 2.10 bits per heavy atom. The summed E-state index contributed by atoms with van der Waals surface area (Å²) in [6.45, 7) is 5.30. The van der Waals surface area contributed by atoms with Crippen molar-refractivity contribution < 1.29 is 4.79 Å². The second-order valence-electron chi connectivity index (χ2n) is 5.40. The summed E-state index contributed by atoms with van der Waals surface area (Å²) in [7, 11) is 2.12. The molecule has 0 aliphatic carbocycles. The van der Waals surface area contributed by atoms with Gasteiger partial charge in [0.15, 0.2) is 0 Å². The highest BCUT2D eigenvalue weighted by molar-refractivity contribution is 9.11. The summed E-state index contributed by atoms with van der Waals surface area (Å²) in [5, 5.41) is 0. The number of rotatable bonds is 4. The number of hydrogen-bond acceptors (Lipinski definition) is 3. The van der Waals surface area contributed by atoms with E-state index in [1.807, 2.05) is 17.3 Å². The molecule has 2 heterocycles. The first-order valence-electron chi connectivity index (χ1n) is 6.69. The van der Waals surface area contributed by atoms with Crippen LogP contribution in [0.3, 0.4) is 0 Å². The van der Waals surface area contributed by atoms with Crippen LogP contribution in [0, 0.1) is 5.92 Å². The lowest BCUT2D eigenvalue weighted by Crippen LogP contribution is -2.30. The number of amides is 1. The van der Waals surface area contributed by atoms with Crippen LogP contribution >= 0.6 is 31.9 Å². The van der Waals surface area contributed by atoms with Crippen LogP contribution in [0.15, 0.2) is 21.3 Å². The van der Waals surface area contributed by atoms with E-state index in [0.29, 0.717) is 5.92 Å². The molecule has 0 spiro atoms. The van der Waals surface area contributed by atoms with E-state index in [2.05, 4.69) is 48.8 Å². The van der Waals surface area contributed by atoms with E-state index in [-0.39, 0.29) is 5.91 Å². The Hall–Kier alpha value is -0.460. The zero-order chi connectivity index (χ0) is 14.7. The minimum absolute atomic E-state index is 0.190. The highest BCUT2D eigenvalue weighted by Gasteiger charge is 2.25. The zero-order valence-corrected chi connectivity index (χ0v) is 14.9. The molecule has 1 unspecified atom stereocenters. The van der Waals surface area contributed by atoms with E-state index in [1.54, 1.807) is 6.92 Å². The third-order valence-corrected chi connectivity index (χ3v) is 5.05. The molecule has 1 aliphatic heterocycles. The number of carbonyl (C=O) groups is 1. The maximum Gasteiger partial charge on any atom is 0.219 e. The van der Waals surface area contributed by atoms with Gasteiger partial charge in [-0.1, -0.05) is 0 Å². The van der Waals surface area contributed by atoms with Crippen molar-refractivity contribution in [2.75, 3.05) is 26.7 Å². The molecule has 4 nitrogen and oxygen atoms in total. The first kappa shape index (κ1) is 15.9. The quantitative estimate of drug-likeness (QED) is 0.774. The lowest BCUT2D eigenvalue weighted by molar-refractivity contribution is -0.127. The second-order valence-corrected chi connectivity index (χ2v) is 7.11. The fraction of sp³-hybridized carbons (Fsp3) is 0.571. The van der Waals surface area contributed by atoms with E-state index in [0.717, 1.165) is 41.5 Å². The van der Waals surface area contributed by atoms with Gasteiger partial charge in [0, 0.05) is 54.4 Å². The van der Waals surface area contributed by atoms with Crippen molar-refractivity contribution in [1.29, 1.82) is 0 Å². The molecule has 0 N–H and O–H groups in total. The van der Waals surface area contributed by atoms with Crippen molar-refractivity contribution in [3.8, 4) is 0 Å². The van der Waals surface area contributed by atoms with Crippen LogP contribution < -0.4 is 0 Å². The predicted molar refractivity (Wildman–Crippen MR) is 86.3 cm³/mol. The topological polar surface area (TPSA) is 36.4 Å². The highest BCUT2D eigenvalue weighted by atomic mass is 79.9. The van der Waals surface area contributed by atoms with Crippen molar-refractivity contribution in [2.45, 2.75) is 19.9 Å². The van der Waals surface area contributed by atoms with E-state index in [4.69, 9.17) is 0 Å². The molecule has 1 aliphatic rings. The first-order chi connectivity index (χ1) is 9.47. The molecule has 0 bridgehead atoms. The molecule has 1 aromatic heterocycles. The summed E-state index contributed by atoms with van der Waals surface area (Å²) >= 11 is 7.09. The van der Waals surface area contributed by atoms with E-state index >= 15 is 0 Å². The summed E-state index contributed by atoms with van der Waals surface area (Å²) in [6, 6.07) is 0. The summed E-state index contributed by atoms with van der Waals surface area (Å²) in [6.07, 6.45) is 4.74. The van der Waals surface area contributed by atoms with Crippen LogP contribution in [0.5, 0.6) is 0 Å². The fourth-order valence-corrected chi connectivity index (χ4v) is 3.81. The molecule has 0 saturated carbocycles. The normalized spacial score (nSPS) is 18.9. The van der Waals surface area contributed by atoms with Crippen LogP contribution in [0.1, 0.15) is 18.9 Å². The molecule has 6 heteroatoms. The van der Waals surface area contributed by atoms with Crippen LogP contribution in [0.25, 0.3) is 0 Å². The van der Waals surface area contributed by atoms with Crippen molar-refractivity contribution in [3.63, 3.8) is 0 Å². The molecule has 0 radical (unpaired) electrons. The van der Waals surface area contributed by atoms with Gasteiger partial charge in [-0.25, -0.2) is 0 Å². The number of likely N-dealkylation sites (tertiary alicyclic amines) is 1. The minimum Gasteiger partial charge on any atom is -0.343 e. The first-order valence-corrected chi connectivity index (χ1v) is 8.28. The SMILES string of the molecule is CC(=O)N1CCC(CN(C)Cc2c(Br)cncc2Br)C1. The van der Waals surface area contributed by atoms with Crippen LogP contribution in [0.4, 0.5) is 0 Å². The van der Waals surface area contributed by atoms with Crippen molar-refractivity contribution in [3.05, 3.63) is 26.9 Å². The molecular formula is C14H19Br2N3O. The van der Waals surface area contributed by atoms with Gasteiger partial charge in [0.05, 0.1) is 0 Å². The number of pyridine rings is 1. The summed E-state index contributed by atoms with van der Waals surface area (Å²) in [5.41, 5.74) is 1.21. The molecule has 1 atom stereocenters. The molecule has 110 valence electrons. The molecule has 1 aromatic rings. The van der Waals surface area contributed by atoms with Gasteiger partial charge >= 0.3 is 0 Å². The van der Waals surface area contributed by atoms with Crippen LogP contribution in [-0.2, 0) is 11.3 Å². The Kier molecular flexibility index (Phi) is 5.57. The molecule has 0 aromatic carbocycles. The van der Waals surface area contributed by atoms with Gasteiger partial charge in [0.1, 0.15) is 0 Å². The predicted octanol–water partition coefficient (Wildman–Crippen LogP) is 2.91. The number of carbonyl (C=O) groups excluding carboxylic acids is 1. The summed E-state index contributed by atoms with van der Waals surface area (Å²) in [5.74, 6) is 0.762. The molecule has 20 heavy (non-hydrogen) atoms. The molecular weight excluding hydrogens is 386 g/mol. The molecule has 1 amide bonds. The van der Waals surface area contributed by atoms with Gasteiger partial charge < -0.3 is 9.80 Å². The third-order valence-electron chi connectivity index (χ3n) is 3.68. The minimum atomic E-state index is 0.190. The maximum atomic E-state index is 11.4. The second kappa shape index (κ2) is 7.00. The van der Waals surface area contributed by atoms with Gasteiger partial charge in [-0.2, -0.15) is 0 Å². The highest BCUT2D eigenvalue weighted by Crippen LogP contribution is 2.26. The smallest absolute Gasteiger partial charge is 0.219 e. The standard InChI is InChI=1S/C14H19Br2N3O/c1-10(20)19-4-3-11(8-19)7-18(2)9-12-13(15)5-17-6-14(12)16/h5-6,11H,3-4,7-9H2,1-2H3. The van der Waals surface area contributed by atoms with Crippen LogP contribution in [-0.4, -0.2) is 47.4 Å². The maximum absolute atomic E-state index is 11.4. The Balaban J connectivity index is 1.90. The van der Waals surface area contributed by atoms with Crippen molar-refractivity contribution in [1.82, 2.24) is 14.8 Å². The summed E-state index contributed by atoms with van der Waals surface area (Å²) in [4.78, 5) is 19.7. The van der Waals surface area contributed by atoms with Crippen LogP contribution in [0.2, 0.25) is 0 Å². The molecule has 1 fully saturated rings. The number of aromatic nitrogens is 1. The third kappa shape index (κ3) is 4.02.